The SMILES string of the molecule is CC(C)n1c(-c2ccc(C#N)cc2Cl)nnc1C(C)(C)Oc1c(F)cc(F)cc1F. The van der Waals surface area contributed by atoms with Gasteiger partial charge < -0.3 is 9.30 Å². The summed E-state index contributed by atoms with van der Waals surface area (Å²) in [4.78, 5) is 0. The molecule has 0 aliphatic heterocycles. The molecule has 0 bridgehead atoms. The van der Waals surface area contributed by atoms with Crippen LogP contribution in [0.4, 0.5) is 13.2 Å². The number of rotatable bonds is 5. The Morgan fingerprint density at radius 2 is 1.73 bits per heavy atom. The zero-order valence-electron chi connectivity index (χ0n) is 16.7. The summed E-state index contributed by atoms with van der Waals surface area (Å²) in [5.74, 6) is -3.38. The molecule has 2 aromatic carbocycles. The highest BCUT2D eigenvalue weighted by Gasteiger charge is 2.34. The van der Waals surface area contributed by atoms with Gasteiger partial charge in [-0.05, 0) is 45.9 Å². The Labute approximate surface area is 176 Å². The number of ether oxygens (including phenoxy) is 1. The van der Waals surface area contributed by atoms with Gasteiger partial charge >= 0.3 is 0 Å². The number of hydrogen-bond donors (Lipinski definition) is 0. The Morgan fingerprint density at radius 3 is 2.27 bits per heavy atom. The Morgan fingerprint density at radius 1 is 1.10 bits per heavy atom. The molecular weight excluding hydrogens is 417 g/mol. The van der Waals surface area contributed by atoms with Gasteiger partial charge in [0, 0.05) is 23.7 Å². The van der Waals surface area contributed by atoms with Crippen LogP contribution in [0.2, 0.25) is 5.02 Å². The Bertz CT molecular complexity index is 1130. The van der Waals surface area contributed by atoms with Crippen molar-refractivity contribution in [1.82, 2.24) is 14.8 Å². The monoisotopic (exact) mass is 434 g/mol. The van der Waals surface area contributed by atoms with Gasteiger partial charge in [0.25, 0.3) is 0 Å². The van der Waals surface area contributed by atoms with Crippen LogP contribution in [0.15, 0.2) is 30.3 Å². The fourth-order valence-electron chi connectivity index (χ4n) is 3.07. The summed E-state index contributed by atoms with van der Waals surface area (Å²) in [5.41, 5.74) is -0.391. The maximum Gasteiger partial charge on any atom is 0.192 e. The van der Waals surface area contributed by atoms with Crippen molar-refractivity contribution in [3.63, 3.8) is 0 Å². The molecule has 0 N–H and O–H groups in total. The van der Waals surface area contributed by atoms with E-state index in [0.717, 1.165) is 0 Å². The van der Waals surface area contributed by atoms with Gasteiger partial charge in [-0.25, -0.2) is 13.2 Å². The van der Waals surface area contributed by atoms with Gasteiger partial charge in [0.05, 0.1) is 16.7 Å². The Kier molecular flexibility index (Phi) is 5.77. The van der Waals surface area contributed by atoms with Crippen molar-refractivity contribution in [2.75, 3.05) is 0 Å². The highest BCUT2D eigenvalue weighted by atomic mass is 35.5. The minimum atomic E-state index is -1.33. The van der Waals surface area contributed by atoms with E-state index in [-0.39, 0.29) is 11.9 Å². The van der Waals surface area contributed by atoms with Crippen LogP contribution in [0.5, 0.6) is 5.75 Å². The third-order valence-corrected chi connectivity index (χ3v) is 4.72. The molecule has 0 unspecified atom stereocenters. The van der Waals surface area contributed by atoms with Crippen molar-refractivity contribution >= 4 is 11.6 Å². The van der Waals surface area contributed by atoms with Crippen LogP contribution in [0, 0.1) is 28.8 Å². The van der Waals surface area contributed by atoms with E-state index in [1.807, 2.05) is 19.9 Å². The lowest BCUT2D eigenvalue weighted by atomic mass is 10.1. The van der Waals surface area contributed by atoms with Gasteiger partial charge in [-0.3, -0.25) is 0 Å². The normalized spacial score (nSPS) is 11.6. The van der Waals surface area contributed by atoms with Crippen LogP contribution < -0.4 is 4.74 Å². The standard InChI is InChI=1S/C21H18ClF3N4O/c1-11(2)29-19(14-6-5-12(10-26)7-15(14)22)27-28-20(29)21(3,4)30-18-16(24)8-13(23)9-17(18)25/h5-9,11H,1-4H3. The van der Waals surface area contributed by atoms with E-state index >= 15 is 0 Å². The summed E-state index contributed by atoms with van der Waals surface area (Å²) in [6, 6.07) is 7.71. The van der Waals surface area contributed by atoms with Crippen LogP contribution >= 0.6 is 11.6 Å². The maximum atomic E-state index is 14.1. The van der Waals surface area contributed by atoms with Crippen LogP contribution in [-0.4, -0.2) is 14.8 Å². The molecule has 3 aromatic rings. The van der Waals surface area contributed by atoms with E-state index in [4.69, 9.17) is 21.6 Å². The van der Waals surface area contributed by atoms with Crippen LogP contribution in [0.25, 0.3) is 11.4 Å². The second-order valence-electron chi connectivity index (χ2n) is 7.43. The molecule has 0 aliphatic rings. The molecule has 0 aliphatic carbocycles. The minimum Gasteiger partial charge on any atom is -0.474 e. The second-order valence-corrected chi connectivity index (χ2v) is 7.84. The fraction of sp³-hybridized carbons (Fsp3) is 0.286. The largest absolute Gasteiger partial charge is 0.474 e. The lowest BCUT2D eigenvalue weighted by molar-refractivity contribution is 0.0811. The van der Waals surface area contributed by atoms with Crippen LogP contribution in [0.3, 0.4) is 0 Å². The molecule has 1 heterocycles. The summed E-state index contributed by atoms with van der Waals surface area (Å²) < 4.78 is 48.8. The molecule has 0 fully saturated rings. The van der Waals surface area contributed by atoms with E-state index < -0.39 is 28.8 Å². The first-order valence-electron chi connectivity index (χ1n) is 9.04. The third kappa shape index (κ3) is 3.98. The van der Waals surface area contributed by atoms with Gasteiger partial charge in [-0.15, -0.1) is 10.2 Å². The molecule has 3 rings (SSSR count). The molecule has 0 spiro atoms. The van der Waals surface area contributed by atoms with Crippen molar-refractivity contribution < 1.29 is 17.9 Å². The predicted molar refractivity (Wildman–Crippen MR) is 106 cm³/mol. The number of nitrogens with zero attached hydrogens (tertiary/aromatic N) is 4. The first-order chi connectivity index (χ1) is 14.0. The van der Waals surface area contributed by atoms with Crippen molar-refractivity contribution in [2.24, 2.45) is 0 Å². The van der Waals surface area contributed by atoms with Crippen LogP contribution in [0.1, 0.15) is 45.1 Å². The molecule has 0 atom stereocenters. The molecule has 9 heteroatoms. The Balaban J connectivity index is 2.10. The zero-order chi connectivity index (χ0) is 22.2. The Hall–Kier alpha value is -3.05. The summed E-state index contributed by atoms with van der Waals surface area (Å²) >= 11 is 6.33. The van der Waals surface area contributed by atoms with Crippen molar-refractivity contribution in [3.05, 3.63) is 64.2 Å². The van der Waals surface area contributed by atoms with Crippen molar-refractivity contribution in [3.8, 4) is 23.2 Å². The van der Waals surface area contributed by atoms with Crippen molar-refractivity contribution in [2.45, 2.75) is 39.3 Å². The zero-order valence-corrected chi connectivity index (χ0v) is 17.4. The highest BCUT2D eigenvalue weighted by molar-refractivity contribution is 6.33. The van der Waals surface area contributed by atoms with E-state index in [0.29, 0.717) is 34.1 Å². The number of hydrogen-bond acceptors (Lipinski definition) is 4. The third-order valence-electron chi connectivity index (χ3n) is 4.41. The fourth-order valence-corrected chi connectivity index (χ4v) is 3.33. The highest BCUT2D eigenvalue weighted by Crippen LogP contribution is 2.36. The van der Waals surface area contributed by atoms with Gasteiger partial charge in [0.2, 0.25) is 0 Å². The molecular formula is C21H18ClF3N4O. The predicted octanol–water partition coefficient (Wildman–Crippen LogP) is 5.78. The molecule has 0 saturated carbocycles. The first-order valence-corrected chi connectivity index (χ1v) is 9.42. The van der Waals surface area contributed by atoms with Gasteiger partial charge in [-0.2, -0.15) is 5.26 Å². The molecule has 1 aromatic heterocycles. The summed E-state index contributed by atoms with van der Waals surface area (Å²) in [7, 11) is 0. The average Bonchev–Trinajstić information content (AvgIpc) is 3.10. The summed E-state index contributed by atoms with van der Waals surface area (Å²) in [6.07, 6.45) is 0. The molecule has 30 heavy (non-hydrogen) atoms. The maximum absolute atomic E-state index is 14.1. The molecule has 0 amide bonds. The van der Waals surface area contributed by atoms with Crippen LogP contribution in [-0.2, 0) is 5.60 Å². The van der Waals surface area contributed by atoms with Crippen molar-refractivity contribution in [1.29, 1.82) is 5.26 Å². The summed E-state index contributed by atoms with van der Waals surface area (Å²) in [5, 5.41) is 17.7. The molecule has 156 valence electrons. The molecule has 0 saturated heterocycles. The first kappa shape index (κ1) is 21.7. The van der Waals surface area contributed by atoms with E-state index in [1.54, 1.807) is 30.5 Å². The van der Waals surface area contributed by atoms with E-state index in [9.17, 15) is 13.2 Å². The van der Waals surface area contributed by atoms with Gasteiger partial charge in [0.15, 0.2) is 34.6 Å². The number of halogens is 4. The summed E-state index contributed by atoms with van der Waals surface area (Å²) in [6.45, 7) is 6.90. The van der Waals surface area contributed by atoms with E-state index in [1.165, 1.54) is 6.07 Å². The minimum absolute atomic E-state index is 0.164. The average molecular weight is 435 g/mol. The quantitative estimate of drug-likeness (QED) is 0.510. The second kappa shape index (κ2) is 8.00. The van der Waals surface area contributed by atoms with E-state index in [2.05, 4.69) is 10.2 Å². The lowest BCUT2D eigenvalue weighted by Gasteiger charge is -2.28. The lowest BCUT2D eigenvalue weighted by Crippen LogP contribution is -2.31. The molecule has 5 nitrogen and oxygen atoms in total. The number of nitriles is 1. The topological polar surface area (TPSA) is 63.7 Å². The number of benzene rings is 2. The number of aromatic nitrogens is 3. The molecule has 0 radical (unpaired) electrons. The van der Waals surface area contributed by atoms with Gasteiger partial charge in [-0.1, -0.05) is 11.6 Å². The smallest absolute Gasteiger partial charge is 0.192 e. The van der Waals surface area contributed by atoms with Gasteiger partial charge in [0.1, 0.15) is 5.82 Å².